The quantitative estimate of drug-likeness (QED) is 0.724. The molecule has 0 unspecified atom stereocenters. The Morgan fingerprint density at radius 2 is 2.08 bits per heavy atom. The molecular formula is C18H27N5O2. The topological polar surface area (TPSA) is 80.1 Å². The maximum Gasteiger partial charge on any atom is 0.273 e. The summed E-state index contributed by atoms with van der Waals surface area (Å²) in [5.41, 5.74) is 0.264. The van der Waals surface area contributed by atoms with Gasteiger partial charge in [0.15, 0.2) is 5.69 Å². The normalized spacial score (nSPS) is 23.8. The van der Waals surface area contributed by atoms with Crippen LogP contribution in [0.2, 0.25) is 0 Å². The van der Waals surface area contributed by atoms with Gasteiger partial charge in [0.05, 0.1) is 6.20 Å². The Bertz CT molecular complexity index is 650. The first-order chi connectivity index (χ1) is 12.1. The fourth-order valence-electron chi connectivity index (χ4n) is 3.98. The van der Waals surface area contributed by atoms with Crippen LogP contribution in [0.25, 0.3) is 0 Å². The molecule has 2 aliphatic carbocycles. The lowest BCUT2D eigenvalue weighted by atomic mass is 9.91. The number of aromatic nitrogens is 3. The zero-order valence-corrected chi connectivity index (χ0v) is 15.0. The minimum Gasteiger partial charge on any atom is -0.351 e. The van der Waals surface area contributed by atoms with Gasteiger partial charge in [-0.3, -0.25) is 9.59 Å². The number of nitrogens with one attached hydrogen (secondary N) is 1. The van der Waals surface area contributed by atoms with Crippen LogP contribution in [0.4, 0.5) is 0 Å². The molecule has 2 bridgehead atoms. The molecule has 1 aromatic rings. The number of likely N-dealkylation sites (N-methyl/N-ethyl adjacent to an activating group) is 1. The van der Waals surface area contributed by atoms with Crippen molar-refractivity contribution in [1.29, 1.82) is 0 Å². The molecule has 1 aromatic heterocycles. The van der Waals surface area contributed by atoms with E-state index >= 15 is 0 Å². The van der Waals surface area contributed by atoms with Gasteiger partial charge < -0.3 is 10.2 Å². The smallest absolute Gasteiger partial charge is 0.273 e. The predicted molar refractivity (Wildman–Crippen MR) is 93.7 cm³/mol. The summed E-state index contributed by atoms with van der Waals surface area (Å²) in [5.74, 6) is 1.91. The van der Waals surface area contributed by atoms with E-state index < -0.39 is 0 Å². The van der Waals surface area contributed by atoms with Crippen molar-refractivity contribution in [2.45, 2.75) is 39.7 Å². The van der Waals surface area contributed by atoms with Crippen molar-refractivity contribution >= 4 is 11.8 Å². The third-order valence-corrected chi connectivity index (χ3v) is 5.40. The molecule has 7 heteroatoms. The second-order valence-corrected chi connectivity index (χ2v) is 6.95. The third kappa shape index (κ3) is 4.08. The highest BCUT2D eigenvalue weighted by Crippen LogP contribution is 2.44. The van der Waals surface area contributed by atoms with E-state index in [1.807, 2.05) is 13.8 Å². The lowest BCUT2D eigenvalue weighted by Gasteiger charge is -2.18. The van der Waals surface area contributed by atoms with E-state index in [9.17, 15) is 9.59 Å². The van der Waals surface area contributed by atoms with Crippen molar-refractivity contribution < 1.29 is 9.59 Å². The average Bonchev–Trinajstić information content (AvgIpc) is 3.32. The van der Waals surface area contributed by atoms with Crippen LogP contribution in [0.3, 0.4) is 0 Å². The second kappa shape index (κ2) is 7.80. The summed E-state index contributed by atoms with van der Waals surface area (Å²) in [4.78, 5) is 26.0. The van der Waals surface area contributed by atoms with Crippen LogP contribution in [-0.4, -0.2) is 51.3 Å². The van der Waals surface area contributed by atoms with Gasteiger partial charge in [0.2, 0.25) is 5.91 Å². The molecule has 1 saturated carbocycles. The molecule has 1 fully saturated rings. The molecule has 0 aliphatic heterocycles. The van der Waals surface area contributed by atoms with Crippen molar-refractivity contribution in [2.75, 3.05) is 19.6 Å². The first-order valence-corrected chi connectivity index (χ1v) is 9.25. The lowest BCUT2D eigenvalue weighted by Crippen LogP contribution is -2.33. The number of hydrogen-bond acceptors (Lipinski definition) is 4. The fraction of sp³-hybridized carbons (Fsp3) is 0.667. The van der Waals surface area contributed by atoms with Gasteiger partial charge in [-0.2, -0.15) is 0 Å². The summed E-state index contributed by atoms with van der Waals surface area (Å²) in [5, 5.41) is 10.7. The number of nitrogens with zero attached hydrogens (tertiary/aromatic N) is 4. The Balaban J connectivity index is 1.44. The van der Waals surface area contributed by atoms with Gasteiger partial charge in [-0.05, 0) is 50.9 Å². The molecule has 0 radical (unpaired) electrons. The number of hydrogen-bond donors (Lipinski definition) is 1. The summed E-state index contributed by atoms with van der Waals surface area (Å²) in [7, 11) is 0. The van der Waals surface area contributed by atoms with E-state index in [0.717, 1.165) is 12.3 Å². The largest absolute Gasteiger partial charge is 0.351 e. The Hall–Kier alpha value is -2.18. The van der Waals surface area contributed by atoms with Crippen molar-refractivity contribution in [3.8, 4) is 0 Å². The monoisotopic (exact) mass is 345 g/mol. The molecule has 2 aliphatic rings. The lowest BCUT2D eigenvalue weighted by molar-refractivity contribution is -0.131. The highest BCUT2D eigenvalue weighted by atomic mass is 16.2. The summed E-state index contributed by atoms with van der Waals surface area (Å²) in [6, 6.07) is 0. The number of fused-ring (bicyclic) bond motifs is 2. The number of carbonyl (C=O) groups is 2. The average molecular weight is 345 g/mol. The third-order valence-electron chi connectivity index (χ3n) is 5.40. The Labute approximate surface area is 148 Å². The molecule has 1 N–H and O–H groups in total. The van der Waals surface area contributed by atoms with E-state index in [2.05, 4.69) is 27.8 Å². The van der Waals surface area contributed by atoms with E-state index in [4.69, 9.17) is 0 Å². The molecule has 136 valence electrons. The fourth-order valence-corrected chi connectivity index (χ4v) is 3.98. The molecule has 2 amide bonds. The molecular weight excluding hydrogens is 318 g/mol. The van der Waals surface area contributed by atoms with E-state index in [-0.39, 0.29) is 24.1 Å². The van der Waals surface area contributed by atoms with Crippen molar-refractivity contribution in [3.05, 3.63) is 24.0 Å². The van der Waals surface area contributed by atoms with Crippen LogP contribution in [-0.2, 0) is 11.3 Å². The van der Waals surface area contributed by atoms with E-state index in [1.165, 1.54) is 23.7 Å². The highest BCUT2D eigenvalue weighted by molar-refractivity contribution is 5.91. The minimum atomic E-state index is -0.222. The zero-order chi connectivity index (χ0) is 17.8. The van der Waals surface area contributed by atoms with Crippen molar-refractivity contribution in [3.63, 3.8) is 0 Å². The first kappa shape index (κ1) is 17.6. The van der Waals surface area contributed by atoms with Crippen LogP contribution < -0.4 is 5.32 Å². The van der Waals surface area contributed by atoms with E-state index in [0.29, 0.717) is 31.5 Å². The van der Waals surface area contributed by atoms with E-state index in [1.54, 1.807) is 4.90 Å². The molecule has 0 aromatic carbocycles. The molecule has 0 spiro atoms. The van der Waals surface area contributed by atoms with Gasteiger partial charge in [0, 0.05) is 19.6 Å². The predicted octanol–water partition coefficient (Wildman–Crippen LogP) is 1.48. The maximum atomic E-state index is 12.2. The van der Waals surface area contributed by atoms with Crippen LogP contribution in [0, 0.1) is 17.8 Å². The van der Waals surface area contributed by atoms with Gasteiger partial charge in [0.1, 0.15) is 6.54 Å². The number of amides is 2. The molecule has 7 nitrogen and oxygen atoms in total. The highest BCUT2D eigenvalue weighted by Gasteiger charge is 2.34. The van der Waals surface area contributed by atoms with Gasteiger partial charge in [-0.1, -0.05) is 17.4 Å². The van der Waals surface area contributed by atoms with Gasteiger partial charge >= 0.3 is 0 Å². The summed E-state index contributed by atoms with van der Waals surface area (Å²) in [6.45, 7) is 5.97. The second-order valence-electron chi connectivity index (χ2n) is 6.95. The van der Waals surface area contributed by atoms with Gasteiger partial charge in [-0.25, -0.2) is 4.68 Å². The summed E-state index contributed by atoms with van der Waals surface area (Å²) in [6.07, 6.45) is 9.74. The number of carbonyl (C=O) groups excluding carboxylic acids is 2. The van der Waals surface area contributed by atoms with Crippen LogP contribution in [0.1, 0.15) is 43.6 Å². The Morgan fingerprint density at radius 3 is 2.72 bits per heavy atom. The SMILES string of the molecule is CCN(CC)C(=O)Cn1cc(C(=O)NCC[C@@H]2C[C@@H]3C=C[C@H]2C3)nn1. The molecule has 3 rings (SSSR count). The Morgan fingerprint density at radius 1 is 1.28 bits per heavy atom. The molecule has 25 heavy (non-hydrogen) atoms. The number of rotatable bonds is 8. The number of allylic oxidation sites excluding steroid dienone is 2. The van der Waals surface area contributed by atoms with Crippen LogP contribution in [0.5, 0.6) is 0 Å². The van der Waals surface area contributed by atoms with Crippen LogP contribution >= 0.6 is 0 Å². The maximum absolute atomic E-state index is 12.2. The molecule has 3 atom stereocenters. The van der Waals surface area contributed by atoms with Gasteiger partial charge in [0.25, 0.3) is 5.91 Å². The molecule has 0 saturated heterocycles. The molecule has 1 heterocycles. The van der Waals surface area contributed by atoms with Crippen LogP contribution in [0.15, 0.2) is 18.3 Å². The zero-order valence-electron chi connectivity index (χ0n) is 15.0. The Kier molecular flexibility index (Phi) is 5.50. The van der Waals surface area contributed by atoms with Crippen molar-refractivity contribution in [1.82, 2.24) is 25.2 Å². The summed E-state index contributed by atoms with van der Waals surface area (Å²) >= 11 is 0. The summed E-state index contributed by atoms with van der Waals surface area (Å²) < 4.78 is 1.43. The standard InChI is InChI=1S/C18H27N5O2/c1-3-22(4-2)17(24)12-23-11-16(20-21-23)18(25)19-8-7-15-10-13-5-6-14(15)9-13/h5-6,11,13-15H,3-4,7-10,12H2,1-2H3,(H,19,25)/t13-,14+,15-/m1/s1. The van der Waals surface area contributed by atoms with Crippen molar-refractivity contribution in [2.24, 2.45) is 17.8 Å². The first-order valence-electron chi connectivity index (χ1n) is 9.25. The minimum absolute atomic E-state index is 0.0220. The van der Waals surface area contributed by atoms with Gasteiger partial charge in [-0.15, -0.1) is 5.10 Å².